The molecular weight excluding hydrogens is 384 g/mol. The van der Waals surface area contributed by atoms with Crippen LogP contribution in [-0.4, -0.2) is 47.7 Å². The maximum atomic E-state index is 13.2. The molecule has 4 amide bonds. The van der Waals surface area contributed by atoms with Crippen molar-refractivity contribution in [3.63, 3.8) is 0 Å². The molecule has 8 heteroatoms. The third-order valence-electron chi connectivity index (χ3n) is 5.55. The first-order valence-electron chi connectivity index (χ1n) is 9.76. The van der Waals surface area contributed by atoms with E-state index in [2.05, 4.69) is 16.0 Å². The second-order valence-electron chi connectivity index (χ2n) is 7.39. The van der Waals surface area contributed by atoms with Crippen molar-refractivity contribution in [1.82, 2.24) is 15.5 Å². The molecule has 30 heavy (non-hydrogen) atoms. The van der Waals surface area contributed by atoms with Gasteiger partial charge in [0.15, 0.2) is 0 Å². The molecule has 0 saturated carbocycles. The molecule has 2 aliphatic heterocycles. The van der Waals surface area contributed by atoms with Crippen LogP contribution in [0.25, 0.3) is 0 Å². The number of carbonyl (C=O) groups excluding carboxylic acids is 4. The van der Waals surface area contributed by atoms with Gasteiger partial charge in [0.2, 0.25) is 17.7 Å². The number of nitrogens with zero attached hydrogens (tertiary/aromatic N) is 1. The van der Waals surface area contributed by atoms with E-state index in [9.17, 15) is 19.2 Å². The molecule has 2 aliphatic rings. The van der Waals surface area contributed by atoms with Crippen molar-refractivity contribution < 1.29 is 19.2 Å². The highest BCUT2D eigenvalue weighted by molar-refractivity contribution is 6.10. The summed E-state index contributed by atoms with van der Waals surface area (Å²) in [5.74, 6) is -1.52. The first-order chi connectivity index (χ1) is 14.5. The topological polar surface area (TPSA) is 108 Å². The van der Waals surface area contributed by atoms with Crippen LogP contribution in [-0.2, 0) is 27.3 Å². The number of likely N-dealkylation sites (N-methyl/N-ethyl adjacent to an activating group) is 1. The summed E-state index contributed by atoms with van der Waals surface area (Å²) in [5, 5.41) is 7.94. The molecule has 3 N–H and O–H groups in total. The van der Waals surface area contributed by atoms with Crippen LogP contribution in [0.4, 0.5) is 5.69 Å². The third kappa shape index (κ3) is 3.63. The van der Waals surface area contributed by atoms with Crippen molar-refractivity contribution in [2.75, 3.05) is 12.4 Å². The highest BCUT2D eigenvalue weighted by Crippen LogP contribution is 2.25. The van der Waals surface area contributed by atoms with E-state index in [1.54, 1.807) is 24.3 Å². The van der Waals surface area contributed by atoms with Crippen LogP contribution in [0.1, 0.15) is 27.9 Å². The van der Waals surface area contributed by atoms with Gasteiger partial charge < -0.3 is 20.9 Å². The molecule has 0 aliphatic carbocycles. The summed E-state index contributed by atoms with van der Waals surface area (Å²) in [5.41, 5.74) is 2.74. The molecule has 0 aromatic heterocycles. The molecule has 0 unspecified atom stereocenters. The lowest BCUT2D eigenvalue weighted by molar-refractivity contribution is -0.142. The fraction of sp³-hybridized carbons (Fsp3) is 0.273. The van der Waals surface area contributed by atoms with Crippen LogP contribution in [0, 0.1) is 0 Å². The zero-order valence-corrected chi connectivity index (χ0v) is 16.5. The van der Waals surface area contributed by atoms with Gasteiger partial charge in [0.05, 0.1) is 17.7 Å². The number of carbonyl (C=O) groups is 4. The lowest BCUT2D eigenvalue weighted by Crippen LogP contribution is -2.54. The van der Waals surface area contributed by atoms with Crippen LogP contribution < -0.4 is 16.0 Å². The predicted octanol–water partition coefficient (Wildman–Crippen LogP) is 0.827. The number of hydrogen-bond donors (Lipinski definition) is 3. The molecule has 0 saturated heterocycles. The van der Waals surface area contributed by atoms with Gasteiger partial charge in [-0.3, -0.25) is 19.2 Å². The zero-order chi connectivity index (χ0) is 21.3. The Bertz CT molecular complexity index is 1040. The Kier molecular flexibility index (Phi) is 5.22. The van der Waals surface area contributed by atoms with Crippen molar-refractivity contribution in [3.8, 4) is 0 Å². The normalized spacial score (nSPS) is 20.2. The van der Waals surface area contributed by atoms with E-state index in [0.29, 0.717) is 17.7 Å². The number of amides is 4. The van der Waals surface area contributed by atoms with Gasteiger partial charge in [-0.05, 0) is 23.3 Å². The van der Waals surface area contributed by atoms with E-state index in [-0.39, 0.29) is 24.8 Å². The van der Waals surface area contributed by atoms with Gasteiger partial charge >= 0.3 is 0 Å². The van der Waals surface area contributed by atoms with Gasteiger partial charge in [-0.1, -0.05) is 36.4 Å². The first-order valence-corrected chi connectivity index (χ1v) is 9.76. The molecule has 154 valence electrons. The summed E-state index contributed by atoms with van der Waals surface area (Å²) < 4.78 is 0. The Morgan fingerprint density at radius 1 is 1.07 bits per heavy atom. The number of nitrogens with one attached hydrogen (secondary N) is 3. The van der Waals surface area contributed by atoms with Crippen molar-refractivity contribution in [1.29, 1.82) is 0 Å². The van der Waals surface area contributed by atoms with Gasteiger partial charge in [0.1, 0.15) is 12.1 Å². The second-order valence-corrected chi connectivity index (χ2v) is 7.39. The molecule has 0 spiro atoms. The first kappa shape index (κ1) is 19.6. The average molecular weight is 406 g/mol. The molecule has 2 heterocycles. The average Bonchev–Trinajstić information content (AvgIpc) is 2.88. The fourth-order valence-corrected chi connectivity index (χ4v) is 3.93. The molecule has 0 radical (unpaired) electrons. The lowest BCUT2D eigenvalue weighted by Gasteiger charge is -2.36. The maximum absolute atomic E-state index is 13.2. The molecule has 0 bridgehead atoms. The van der Waals surface area contributed by atoms with E-state index in [1.165, 1.54) is 11.9 Å². The molecule has 2 aromatic carbocycles. The van der Waals surface area contributed by atoms with Crippen molar-refractivity contribution in [2.24, 2.45) is 0 Å². The Morgan fingerprint density at radius 2 is 1.77 bits per heavy atom. The zero-order valence-electron chi connectivity index (χ0n) is 16.5. The van der Waals surface area contributed by atoms with Gasteiger partial charge in [-0.2, -0.15) is 0 Å². The summed E-state index contributed by atoms with van der Waals surface area (Å²) in [6, 6.07) is 12.6. The van der Waals surface area contributed by atoms with Gasteiger partial charge in [0.25, 0.3) is 5.91 Å². The van der Waals surface area contributed by atoms with Crippen molar-refractivity contribution in [3.05, 3.63) is 65.2 Å². The minimum absolute atomic E-state index is 0.235. The Hall–Kier alpha value is -3.68. The Morgan fingerprint density at radius 3 is 2.53 bits per heavy atom. The van der Waals surface area contributed by atoms with Gasteiger partial charge in [0, 0.05) is 20.0 Å². The monoisotopic (exact) mass is 406 g/mol. The van der Waals surface area contributed by atoms with Crippen molar-refractivity contribution in [2.45, 2.75) is 31.5 Å². The van der Waals surface area contributed by atoms with Crippen LogP contribution >= 0.6 is 0 Å². The molecule has 2 aromatic rings. The van der Waals surface area contributed by atoms with Gasteiger partial charge in [-0.25, -0.2) is 0 Å². The summed E-state index contributed by atoms with van der Waals surface area (Å²) in [4.78, 5) is 52.2. The minimum atomic E-state index is -1.03. The number of rotatable bonds is 3. The number of benzene rings is 2. The summed E-state index contributed by atoms with van der Waals surface area (Å²) >= 11 is 0. The quantitative estimate of drug-likeness (QED) is 0.702. The van der Waals surface area contributed by atoms with Crippen LogP contribution in [0.2, 0.25) is 0 Å². The molecule has 2 atom stereocenters. The van der Waals surface area contributed by atoms with E-state index in [1.807, 2.05) is 24.3 Å². The number of hydrogen-bond acceptors (Lipinski definition) is 4. The molecule has 8 nitrogen and oxygen atoms in total. The lowest BCUT2D eigenvalue weighted by atomic mass is 9.93. The number of para-hydroxylation sites is 1. The summed E-state index contributed by atoms with van der Waals surface area (Å²) in [7, 11) is 1.53. The Balaban J connectivity index is 1.55. The van der Waals surface area contributed by atoms with E-state index >= 15 is 0 Å². The van der Waals surface area contributed by atoms with E-state index in [4.69, 9.17) is 0 Å². The number of fused-ring (bicyclic) bond motifs is 2. The van der Waals surface area contributed by atoms with Crippen LogP contribution in [0.15, 0.2) is 48.5 Å². The van der Waals surface area contributed by atoms with E-state index < -0.39 is 23.9 Å². The van der Waals surface area contributed by atoms with E-state index in [0.717, 1.165) is 11.1 Å². The summed E-state index contributed by atoms with van der Waals surface area (Å²) in [6.45, 7) is 0.273. The predicted molar refractivity (Wildman–Crippen MR) is 109 cm³/mol. The Labute approximate surface area is 173 Å². The minimum Gasteiger partial charge on any atom is -0.357 e. The standard InChI is InChI=1S/C22H22N4O4/c1-23-22(30)18-10-13-6-2-3-7-14(13)12-26(18)19(27)11-17-21(29)24-16-9-5-4-8-15(16)20(28)25-17/h2-9,17-18H,10-12H2,1H3,(H,23,30)(H,24,29)(H,25,28)/t17-,18+/m0/s1. The third-order valence-corrected chi connectivity index (χ3v) is 5.55. The van der Waals surface area contributed by atoms with Crippen molar-refractivity contribution >= 4 is 29.3 Å². The molecule has 4 rings (SSSR count). The number of anilines is 1. The highest BCUT2D eigenvalue weighted by atomic mass is 16.2. The molecule has 0 fully saturated rings. The highest BCUT2D eigenvalue weighted by Gasteiger charge is 2.37. The fourth-order valence-electron chi connectivity index (χ4n) is 3.93. The van der Waals surface area contributed by atoms with Crippen LogP contribution in [0.3, 0.4) is 0 Å². The smallest absolute Gasteiger partial charge is 0.254 e. The summed E-state index contributed by atoms with van der Waals surface area (Å²) in [6.07, 6.45) is 0.164. The second kappa shape index (κ2) is 7.98. The van der Waals surface area contributed by atoms with Gasteiger partial charge in [-0.15, -0.1) is 0 Å². The molecular formula is C22H22N4O4. The van der Waals surface area contributed by atoms with Crippen LogP contribution in [0.5, 0.6) is 0 Å². The SMILES string of the molecule is CNC(=O)[C@H]1Cc2ccccc2CN1C(=O)C[C@@H]1NC(=O)c2ccccc2NC1=O. The largest absolute Gasteiger partial charge is 0.357 e. The maximum Gasteiger partial charge on any atom is 0.254 e.